The van der Waals surface area contributed by atoms with Crippen LogP contribution in [0.3, 0.4) is 0 Å². The molecule has 2 fully saturated rings. The fraction of sp³-hybridized carbons (Fsp3) is 0.933. The second kappa shape index (κ2) is 5.30. The lowest BCUT2D eigenvalue weighted by atomic mass is 9.88. The predicted octanol–water partition coefficient (Wildman–Crippen LogP) is 2.23. The van der Waals surface area contributed by atoms with Crippen molar-refractivity contribution in [2.75, 3.05) is 13.6 Å². The Balaban J connectivity index is 1.91. The molecule has 2 aliphatic carbocycles. The number of carbonyl (C=O) groups is 1. The summed E-state index contributed by atoms with van der Waals surface area (Å²) in [5.74, 6) is 0.596. The summed E-state index contributed by atoms with van der Waals surface area (Å²) < 4.78 is 0. The molecule has 2 aliphatic rings. The standard InChI is InChI=1S/C15H27NO2/c1-15(2)9-8-11(14(15)18)10-16(3)12-6-4-5-7-13(12)17/h11-13,17H,4-10H2,1-3H3. The van der Waals surface area contributed by atoms with Crippen LogP contribution in [0.5, 0.6) is 0 Å². The average Bonchev–Trinajstić information content (AvgIpc) is 2.57. The number of likely N-dealkylation sites (N-methyl/N-ethyl adjacent to an activating group) is 1. The number of rotatable bonds is 3. The van der Waals surface area contributed by atoms with Crippen molar-refractivity contribution in [3.63, 3.8) is 0 Å². The van der Waals surface area contributed by atoms with Crippen LogP contribution in [-0.2, 0) is 4.79 Å². The van der Waals surface area contributed by atoms with E-state index in [0.717, 1.165) is 38.6 Å². The Morgan fingerprint density at radius 2 is 1.94 bits per heavy atom. The maximum absolute atomic E-state index is 12.2. The molecule has 2 saturated carbocycles. The number of aliphatic hydroxyl groups excluding tert-OH is 1. The van der Waals surface area contributed by atoms with Crippen molar-refractivity contribution in [1.29, 1.82) is 0 Å². The maximum atomic E-state index is 12.2. The van der Waals surface area contributed by atoms with Crippen LogP contribution in [0.1, 0.15) is 52.4 Å². The fourth-order valence-electron chi connectivity index (χ4n) is 3.61. The number of ketones is 1. The van der Waals surface area contributed by atoms with Crippen LogP contribution in [0.2, 0.25) is 0 Å². The Bertz CT molecular complexity index is 314. The first-order valence-corrected chi connectivity index (χ1v) is 7.34. The van der Waals surface area contributed by atoms with E-state index in [1.807, 2.05) is 0 Å². The zero-order valence-corrected chi connectivity index (χ0v) is 12.0. The Kier molecular flexibility index (Phi) is 4.12. The van der Waals surface area contributed by atoms with E-state index in [4.69, 9.17) is 0 Å². The summed E-state index contributed by atoms with van der Waals surface area (Å²) in [5, 5.41) is 10.1. The van der Waals surface area contributed by atoms with Crippen molar-refractivity contribution in [1.82, 2.24) is 4.90 Å². The SMILES string of the molecule is CN(CC1CCC(C)(C)C1=O)C1CCCCC1O. The van der Waals surface area contributed by atoms with Crippen LogP contribution < -0.4 is 0 Å². The number of nitrogens with zero attached hydrogens (tertiary/aromatic N) is 1. The highest BCUT2D eigenvalue weighted by molar-refractivity contribution is 5.88. The quantitative estimate of drug-likeness (QED) is 0.838. The number of carbonyl (C=O) groups excluding carboxylic acids is 1. The van der Waals surface area contributed by atoms with Gasteiger partial charge < -0.3 is 10.0 Å². The molecule has 104 valence electrons. The van der Waals surface area contributed by atoms with Gasteiger partial charge in [-0.15, -0.1) is 0 Å². The van der Waals surface area contributed by atoms with Crippen LogP contribution in [0.4, 0.5) is 0 Å². The molecule has 0 spiro atoms. The van der Waals surface area contributed by atoms with Crippen molar-refractivity contribution in [3.05, 3.63) is 0 Å². The van der Waals surface area contributed by atoms with Crippen molar-refractivity contribution in [2.24, 2.45) is 11.3 Å². The maximum Gasteiger partial charge on any atom is 0.142 e. The number of Topliss-reactive ketones (excluding diaryl/α,β-unsaturated/α-hetero) is 1. The zero-order chi connectivity index (χ0) is 13.3. The molecular formula is C15H27NO2. The van der Waals surface area contributed by atoms with Crippen molar-refractivity contribution < 1.29 is 9.90 Å². The lowest BCUT2D eigenvalue weighted by Gasteiger charge is -2.36. The van der Waals surface area contributed by atoms with Crippen molar-refractivity contribution in [3.8, 4) is 0 Å². The first-order chi connectivity index (χ1) is 8.42. The van der Waals surface area contributed by atoms with E-state index in [9.17, 15) is 9.90 Å². The van der Waals surface area contributed by atoms with Gasteiger partial charge in [0.15, 0.2) is 0 Å². The highest BCUT2D eigenvalue weighted by Gasteiger charge is 2.41. The van der Waals surface area contributed by atoms with Gasteiger partial charge in [-0.2, -0.15) is 0 Å². The number of hydrogen-bond donors (Lipinski definition) is 1. The third-order valence-corrected chi connectivity index (χ3v) is 4.92. The van der Waals surface area contributed by atoms with E-state index >= 15 is 0 Å². The van der Waals surface area contributed by atoms with Gasteiger partial charge in [0.05, 0.1) is 6.10 Å². The van der Waals surface area contributed by atoms with Gasteiger partial charge in [-0.25, -0.2) is 0 Å². The molecular weight excluding hydrogens is 226 g/mol. The van der Waals surface area contributed by atoms with E-state index in [1.54, 1.807) is 0 Å². The van der Waals surface area contributed by atoms with Gasteiger partial charge in [-0.05, 0) is 32.7 Å². The molecule has 0 saturated heterocycles. The van der Waals surface area contributed by atoms with E-state index < -0.39 is 0 Å². The molecule has 3 unspecified atom stereocenters. The van der Waals surface area contributed by atoms with E-state index in [0.29, 0.717) is 5.78 Å². The fourth-order valence-corrected chi connectivity index (χ4v) is 3.61. The third-order valence-electron chi connectivity index (χ3n) is 4.92. The van der Waals surface area contributed by atoms with Crippen LogP contribution in [0, 0.1) is 11.3 Å². The minimum absolute atomic E-state index is 0.128. The summed E-state index contributed by atoms with van der Waals surface area (Å²) in [6.07, 6.45) is 6.16. The molecule has 3 nitrogen and oxygen atoms in total. The third kappa shape index (κ3) is 2.77. The number of aliphatic hydroxyl groups is 1. The van der Waals surface area contributed by atoms with Gasteiger partial charge in [0.1, 0.15) is 5.78 Å². The molecule has 0 amide bonds. The predicted molar refractivity (Wildman–Crippen MR) is 72.4 cm³/mol. The first-order valence-electron chi connectivity index (χ1n) is 7.34. The largest absolute Gasteiger partial charge is 0.391 e. The Hall–Kier alpha value is -0.410. The lowest BCUT2D eigenvalue weighted by molar-refractivity contribution is -0.128. The molecule has 0 aromatic carbocycles. The van der Waals surface area contributed by atoms with Gasteiger partial charge in [0.2, 0.25) is 0 Å². The minimum Gasteiger partial charge on any atom is -0.391 e. The Labute approximate surface area is 111 Å². The van der Waals surface area contributed by atoms with Gasteiger partial charge >= 0.3 is 0 Å². The van der Waals surface area contributed by atoms with Crippen LogP contribution in [0.15, 0.2) is 0 Å². The van der Waals surface area contributed by atoms with E-state index in [2.05, 4.69) is 25.8 Å². The summed E-state index contributed by atoms with van der Waals surface area (Å²) in [4.78, 5) is 14.5. The highest BCUT2D eigenvalue weighted by atomic mass is 16.3. The molecule has 0 bridgehead atoms. The normalized spacial score (nSPS) is 36.3. The van der Waals surface area contributed by atoms with Crippen molar-refractivity contribution >= 4 is 5.78 Å². The minimum atomic E-state index is -0.201. The molecule has 2 rings (SSSR count). The molecule has 0 aliphatic heterocycles. The lowest BCUT2D eigenvalue weighted by Crippen LogP contribution is -2.46. The molecule has 0 radical (unpaired) electrons. The van der Waals surface area contributed by atoms with Crippen LogP contribution in [-0.4, -0.2) is 41.5 Å². The Morgan fingerprint density at radius 3 is 2.50 bits per heavy atom. The summed E-state index contributed by atoms with van der Waals surface area (Å²) >= 11 is 0. The second-order valence-electron chi connectivity index (χ2n) is 6.84. The molecule has 1 N–H and O–H groups in total. The molecule has 3 atom stereocenters. The van der Waals surface area contributed by atoms with Crippen molar-refractivity contribution in [2.45, 2.75) is 64.5 Å². The second-order valence-corrected chi connectivity index (χ2v) is 6.84. The smallest absolute Gasteiger partial charge is 0.142 e. The number of hydrogen-bond acceptors (Lipinski definition) is 3. The topological polar surface area (TPSA) is 40.5 Å². The van der Waals surface area contributed by atoms with Gasteiger partial charge in [0.25, 0.3) is 0 Å². The van der Waals surface area contributed by atoms with E-state index in [1.165, 1.54) is 6.42 Å². The molecule has 3 heteroatoms. The van der Waals surface area contributed by atoms with E-state index in [-0.39, 0.29) is 23.5 Å². The Morgan fingerprint density at radius 1 is 1.28 bits per heavy atom. The molecule has 0 aromatic heterocycles. The monoisotopic (exact) mass is 253 g/mol. The summed E-state index contributed by atoms with van der Waals surface area (Å²) in [5.41, 5.74) is -0.128. The molecule has 0 heterocycles. The highest BCUT2D eigenvalue weighted by Crippen LogP contribution is 2.38. The van der Waals surface area contributed by atoms with Gasteiger partial charge in [-0.1, -0.05) is 26.7 Å². The van der Waals surface area contributed by atoms with Gasteiger partial charge in [0, 0.05) is 23.9 Å². The van der Waals surface area contributed by atoms with Crippen LogP contribution >= 0.6 is 0 Å². The molecule has 0 aromatic rings. The van der Waals surface area contributed by atoms with Crippen LogP contribution in [0.25, 0.3) is 0 Å². The first kappa shape index (κ1) is 14.0. The average molecular weight is 253 g/mol. The molecule has 18 heavy (non-hydrogen) atoms. The zero-order valence-electron chi connectivity index (χ0n) is 12.0. The summed E-state index contributed by atoms with van der Waals surface area (Å²) in [6, 6.07) is 0.260. The summed E-state index contributed by atoms with van der Waals surface area (Å²) in [7, 11) is 2.07. The van der Waals surface area contributed by atoms with Gasteiger partial charge in [-0.3, -0.25) is 4.79 Å². The summed E-state index contributed by atoms with van der Waals surface area (Å²) in [6.45, 7) is 4.94.